The molecule has 1 aliphatic carbocycles. The summed E-state index contributed by atoms with van der Waals surface area (Å²) in [6.45, 7) is 1.23. The van der Waals surface area contributed by atoms with E-state index in [4.69, 9.17) is 5.73 Å². The quantitative estimate of drug-likeness (QED) is 0.866. The van der Waals surface area contributed by atoms with Crippen LogP contribution in [0.5, 0.6) is 0 Å². The van der Waals surface area contributed by atoms with Gasteiger partial charge in [-0.25, -0.2) is 9.97 Å². The van der Waals surface area contributed by atoms with Gasteiger partial charge in [0.05, 0.1) is 5.41 Å². The molecule has 2 aliphatic rings. The number of aromatic nitrogens is 2. The highest BCUT2D eigenvalue weighted by molar-refractivity contribution is 5.83. The Morgan fingerprint density at radius 1 is 1.11 bits per heavy atom. The van der Waals surface area contributed by atoms with Gasteiger partial charge in [0.2, 0.25) is 11.8 Å². The van der Waals surface area contributed by atoms with E-state index in [0.29, 0.717) is 32.4 Å². The fraction of sp³-hybridized carbons (Fsp3) is 0.455. The van der Waals surface area contributed by atoms with Crippen LogP contribution >= 0.6 is 0 Å². The molecular weight excluding hydrogens is 352 g/mol. The fourth-order valence-electron chi connectivity index (χ4n) is 4.28. The number of carbonyl (C=O) groups excluding carboxylic acids is 2. The molecule has 2 heterocycles. The van der Waals surface area contributed by atoms with Gasteiger partial charge >= 0.3 is 0 Å². The molecule has 2 amide bonds. The predicted octanol–water partition coefficient (Wildman–Crippen LogP) is 2.58. The van der Waals surface area contributed by atoms with Gasteiger partial charge in [0.15, 0.2) is 0 Å². The lowest BCUT2D eigenvalue weighted by atomic mass is 9.72. The number of likely N-dealkylation sites (tertiary alicyclic amines) is 1. The van der Waals surface area contributed by atoms with E-state index in [0.717, 1.165) is 36.0 Å². The molecule has 0 radical (unpaired) electrons. The van der Waals surface area contributed by atoms with Gasteiger partial charge in [-0.05, 0) is 43.2 Å². The second-order valence-electron chi connectivity index (χ2n) is 8.10. The summed E-state index contributed by atoms with van der Waals surface area (Å²) in [6, 6.07) is 8.11. The molecular formula is C22H26N4O2. The van der Waals surface area contributed by atoms with Crippen molar-refractivity contribution in [2.45, 2.75) is 38.5 Å². The number of nitrogens with zero attached hydrogens (tertiary/aromatic N) is 3. The molecule has 6 nitrogen and oxygen atoms in total. The van der Waals surface area contributed by atoms with Crippen LogP contribution in [0.4, 0.5) is 0 Å². The van der Waals surface area contributed by atoms with Crippen molar-refractivity contribution in [2.75, 3.05) is 13.1 Å². The van der Waals surface area contributed by atoms with E-state index in [1.807, 2.05) is 23.1 Å². The molecule has 146 valence electrons. The highest BCUT2D eigenvalue weighted by atomic mass is 16.2. The first kappa shape index (κ1) is 18.6. The first-order valence-corrected chi connectivity index (χ1v) is 10.0. The lowest BCUT2D eigenvalue weighted by Crippen LogP contribution is -2.51. The monoisotopic (exact) mass is 378 g/mol. The van der Waals surface area contributed by atoms with Crippen molar-refractivity contribution in [3.63, 3.8) is 0 Å². The molecule has 2 N–H and O–H groups in total. The maximum absolute atomic E-state index is 12.5. The summed E-state index contributed by atoms with van der Waals surface area (Å²) < 4.78 is 0. The lowest BCUT2D eigenvalue weighted by molar-refractivity contribution is -0.144. The zero-order valence-electron chi connectivity index (χ0n) is 16.0. The van der Waals surface area contributed by atoms with Crippen LogP contribution in [0.15, 0.2) is 43.0 Å². The van der Waals surface area contributed by atoms with E-state index in [2.05, 4.69) is 16.0 Å². The van der Waals surface area contributed by atoms with Gasteiger partial charge in [0, 0.05) is 37.0 Å². The molecule has 6 heteroatoms. The Labute approximate surface area is 165 Å². The first-order chi connectivity index (χ1) is 13.6. The van der Waals surface area contributed by atoms with Crippen LogP contribution in [-0.4, -0.2) is 39.8 Å². The van der Waals surface area contributed by atoms with Gasteiger partial charge in [-0.1, -0.05) is 30.7 Å². The number of hydrogen-bond acceptors (Lipinski definition) is 4. The molecule has 0 atom stereocenters. The molecule has 1 aliphatic heterocycles. The number of carbonyl (C=O) groups is 2. The van der Waals surface area contributed by atoms with Crippen molar-refractivity contribution in [3.05, 3.63) is 48.5 Å². The average Bonchev–Trinajstić information content (AvgIpc) is 2.68. The number of rotatable bonds is 5. The molecule has 0 spiro atoms. The molecule has 2 aromatic rings. The van der Waals surface area contributed by atoms with Crippen molar-refractivity contribution >= 4 is 11.8 Å². The average molecular weight is 378 g/mol. The Morgan fingerprint density at radius 3 is 2.43 bits per heavy atom. The van der Waals surface area contributed by atoms with E-state index in [1.54, 1.807) is 12.4 Å². The van der Waals surface area contributed by atoms with Crippen LogP contribution in [0.25, 0.3) is 11.1 Å². The van der Waals surface area contributed by atoms with Gasteiger partial charge in [0.25, 0.3) is 0 Å². The lowest BCUT2D eigenvalue weighted by Gasteiger charge is -2.42. The Bertz CT molecular complexity index is 856. The van der Waals surface area contributed by atoms with Crippen LogP contribution in [0.1, 0.15) is 37.7 Å². The maximum atomic E-state index is 12.5. The highest BCUT2D eigenvalue weighted by Gasteiger charge is 2.42. The summed E-state index contributed by atoms with van der Waals surface area (Å²) in [6.07, 6.45) is 10.1. The molecule has 1 aromatic carbocycles. The third-order valence-electron chi connectivity index (χ3n) is 6.37. The number of amides is 2. The summed E-state index contributed by atoms with van der Waals surface area (Å²) in [5.41, 5.74) is 8.30. The van der Waals surface area contributed by atoms with Gasteiger partial charge in [-0.3, -0.25) is 9.59 Å². The highest BCUT2D eigenvalue weighted by Crippen LogP contribution is 2.37. The Balaban J connectivity index is 1.49. The molecule has 0 bridgehead atoms. The molecule has 1 saturated carbocycles. The van der Waals surface area contributed by atoms with Crippen molar-refractivity contribution in [3.8, 4) is 11.1 Å². The van der Waals surface area contributed by atoms with Crippen molar-refractivity contribution < 1.29 is 9.59 Å². The molecule has 4 rings (SSSR count). The standard InChI is InChI=1S/C22H26N4O2/c23-21(28)22(7-9-26(10-8-22)20(27)17-4-2-5-17)12-16-3-1-6-18(11-16)19-13-24-15-25-14-19/h1,3,6,11,13-15,17H,2,4-5,7-10,12H2,(H2,23,28). The number of benzene rings is 1. The SMILES string of the molecule is NC(=O)C1(Cc2cccc(-c3cncnc3)c2)CCN(C(=O)C2CCC2)CC1. The summed E-state index contributed by atoms with van der Waals surface area (Å²) in [5.74, 6) is 0.193. The fourth-order valence-corrected chi connectivity index (χ4v) is 4.28. The van der Waals surface area contributed by atoms with Crippen LogP contribution in [0.3, 0.4) is 0 Å². The maximum Gasteiger partial charge on any atom is 0.225 e. The molecule has 2 fully saturated rings. The van der Waals surface area contributed by atoms with Crippen molar-refractivity contribution in [2.24, 2.45) is 17.1 Å². The van der Waals surface area contributed by atoms with E-state index in [1.165, 1.54) is 6.33 Å². The summed E-state index contributed by atoms with van der Waals surface area (Å²) >= 11 is 0. The molecule has 1 aromatic heterocycles. The van der Waals surface area contributed by atoms with Crippen LogP contribution in [0, 0.1) is 11.3 Å². The van der Waals surface area contributed by atoms with Crippen molar-refractivity contribution in [1.29, 1.82) is 0 Å². The van der Waals surface area contributed by atoms with E-state index >= 15 is 0 Å². The normalized spacial score (nSPS) is 19.1. The first-order valence-electron chi connectivity index (χ1n) is 10.0. The molecule has 1 saturated heterocycles. The third kappa shape index (κ3) is 3.63. The van der Waals surface area contributed by atoms with E-state index in [-0.39, 0.29) is 17.7 Å². The second-order valence-corrected chi connectivity index (χ2v) is 8.10. The summed E-state index contributed by atoms with van der Waals surface area (Å²) in [5, 5.41) is 0. The van der Waals surface area contributed by atoms with E-state index in [9.17, 15) is 9.59 Å². The van der Waals surface area contributed by atoms with Gasteiger partial charge < -0.3 is 10.6 Å². The smallest absolute Gasteiger partial charge is 0.225 e. The molecule has 28 heavy (non-hydrogen) atoms. The Morgan fingerprint density at radius 2 is 1.82 bits per heavy atom. The van der Waals surface area contributed by atoms with Crippen LogP contribution in [0.2, 0.25) is 0 Å². The van der Waals surface area contributed by atoms with E-state index < -0.39 is 5.41 Å². The van der Waals surface area contributed by atoms with Gasteiger partial charge in [0.1, 0.15) is 6.33 Å². The second kappa shape index (κ2) is 7.70. The number of primary amides is 1. The summed E-state index contributed by atoms with van der Waals surface area (Å²) in [7, 11) is 0. The topological polar surface area (TPSA) is 89.2 Å². The minimum absolute atomic E-state index is 0.200. The van der Waals surface area contributed by atoms with Crippen LogP contribution in [-0.2, 0) is 16.0 Å². The largest absolute Gasteiger partial charge is 0.369 e. The number of hydrogen-bond donors (Lipinski definition) is 1. The van der Waals surface area contributed by atoms with Crippen molar-refractivity contribution in [1.82, 2.24) is 14.9 Å². The van der Waals surface area contributed by atoms with Crippen LogP contribution < -0.4 is 5.73 Å². The minimum Gasteiger partial charge on any atom is -0.369 e. The third-order valence-corrected chi connectivity index (χ3v) is 6.37. The zero-order valence-corrected chi connectivity index (χ0v) is 16.0. The minimum atomic E-state index is -0.595. The zero-order chi connectivity index (χ0) is 19.6. The number of piperidine rings is 1. The Hall–Kier alpha value is -2.76. The van der Waals surface area contributed by atoms with Gasteiger partial charge in [-0.2, -0.15) is 0 Å². The van der Waals surface area contributed by atoms with Gasteiger partial charge in [-0.15, -0.1) is 0 Å². The summed E-state index contributed by atoms with van der Waals surface area (Å²) in [4.78, 5) is 35.0. The number of nitrogens with two attached hydrogens (primary N) is 1. The Kier molecular flexibility index (Phi) is 5.11. The molecule has 0 unspecified atom stereocenters. The predicted molar refractivity (Wildman–Crippen MR) is 106 cm³/mol.